The third-order valence-corrected chi connectivity index (χ3v) is 6.49. The summed E-state index contributed by atoms with van der Waals surface area (Å²) in [5.41, 5.74) is 2.68. The van der Waals surface area contributed by atoms with E-state index in [1.165, 1.54) is 24.0 Å². The Balaban J connectivity index is 1.41. The molecule has 3 rings (SSSR count). The van der Waals surface area contributed by atoms with Gasteiger partial charge in [0.25, 0.3) is 0 Å². The Morgan fingerprint density at radius 3 is 2.61 bits per heavy atom. The highest BCUT2D eigenvalue weighted by atomic mass is 16.5. The van der Waals surface area contributed by atoms with Crippen LogP contribution in [0.3, 0.4) is 0 Å². The summed E-state index contributed by atoms with van der Waals surface area (Å²) in [5.74, 6) is 0.989. The monoisotopic (exact) mass is 430 g/mol. The predicted octanol–water partition coefficient (Wildman–Crippen LogP) is 3.65. The molecular formula is C25H42N4O2. The lowest BCUT2D eigenvalue weighted by molar-refractivity contribution is -0.0721. The van der Waals surface area contributed by atoms with E-state index in [-0.39, 0.29) is 0 Å². The van der Waals surface area contributed by atoms with Crippen molar-refractivity contribution in [2.75, 3.05) is 46.4 Å². The molecule has 0 amide bonds. The number of rotatable bonds is 9. The van der Waals surface area contributed by atoms with Crippen molar-refractivity contribution in [3.8, 4) is 0 Å². The highest BCUT2D eigenvalue weighted by molar-refractivity contribution is 5.79. The molecule has 0 spiro atoms. The second-order valence-electron chi connectivity index (χ2n) is 8.69. The van der Waals surface area contributed by atoms with Gasteiger partial charge in [0.05, 0.1) is 18.8 Å². The lowest BCUT2D eigenvalue weighted by atomic mass is 10.1. The predicted molar refractivity (Wildman–Crippen MR) is 127 cm³/mol. The first kappa shape index (κ1) is 24.0. The average molecular weight is 431 g/mol. The van der Waals surface area contributed by atoms with Gasteiger partial charge in [-0.2, -0.15) is 0 Å². The van der Waals surface area contributed by atoms with Crippen molar-refractivity contribution in [2.24, 2.45) is 4.99 Å². The third kappa shape index (κ3) is 7.78. The normalized spacial score (nSPS) is 21.0. The molecule has 2 fully saturated rings. The van der Waals surface area contributed by atoms with E-state index in [4.69, 9.17) is 9.47 Å². The van der Waals surface area contributed by atoms with E-state index in [1.807, 2.05) is 7.05 Å². The summed E-state index contributed by atoms with van der Waals surface area (Å²) in [6, 6.07) is 8.89. The average Bonchev–Trinajstić information content (AvgIpc) is 2.83. The minimum atomic E-state index is 0.304. The Hall–Kier alpha value is -1.63. The van der Waals surface area contributed by atoms with Crippen molar-refractivity contribution >= 4 is 5.96 Å². The number of benzene rings is 1. The van der Waals surface area contributed by atoms with Crippen LogP contribution in [-0.2, 0) is 22.6 Å². The first-order chi connectivity index (χ1) is 15.2. The summed E-state index contributed by atoms with van der Waals surface area (Å²) in [5, 5.41) is 3.56. The Bertz CT molecular complexity index is 663. The molecule has 1 N–H and O–H groups in total. The number of piperidine rings is 1. The van der Waals surface area contributed by atoms with Crippen molar-refractivity contribution in [2.45, 2.75) is 71.2 Å². The Labute approximate surface area is 189 Å². The van der Waals surface area contributed by atoms with Crippen LogP contribution in [0.15, 0.2) is 29.3 Å². The molecule has 0 bridgehead atoms. The molecule has 31 heavy (non-hydrogen) atoms. The van der Waals surface area contributed by atoms with Crippen molar-refractivity contribution in [3.63, 3.8) is 0 Å². The standard InChI is InChI=1S/C25H42N4O2/c1-4-28(5-2)19-22-10-8-9-21(17-22)18-27-25(26-3)29-14-12-23(13-15-29)31-20-24-11-6-7-16-30-24/h8-10,17,23-24H,4-7,11-16,18-20H2,1-3H3,(H,26,27). The Kier molecular flexibility index (Phi) is 10.1. The molecule has 2 aliphatic rings. The molecule has 0 aliphatic carbocycles. The van der Waals surface area contributed by atoms with E-state index in [2.05, 4.69) is 58.2 Å². The zero-order valence-electron chi connectivity index (χ0n) is 19.8. The number of ether oxygens (including phenoxy) is 2. The van der Waals surface area contributed by atoms with Gasteiger partial charge in [-0.3, -0.25) is 9.89 Å². The van der Waals surface area contributed by atoms with Crippen LogP contribution in [0, 0.1) is 0 Å². The lowest BCUT2D eigenvalue weighted by Crippen LogP contribution is -2.47. The molecule has 1 aromatic rings. The van der Waals surface area contributed by atoms with E-state index in [9.17, 15) is 0 Å². The summed E-state index contributed by atoms with van der Waals surface area (Å²) in [4.78, 5) is 9.33. The zero-order valence-corrected chi connectivity index (χ0v) is 19.8. The maximum absolute atomic E-state index is 6.16. The molecule has 0 saturated carbocycles. The molecule has 0 radical (unpaired) electrons. The van der Waals surface area contributed by atoms with Gasteiger partial charge >= 0.3 is 0 Å². The molecule has 0 aromatic heterocycles. The maximum atomic E-state index is 6.16. The number of nitrogens with one attached hydrogen (secondary N) is 1. The summed E-state index contributed by atoms with van der Waals surface area (Å²) < 4.78 is 12.0. The first-order valence-corrected chi connectivity index (χ1v) is 12.2. The molecule has 2 aliphatic heterocycles. The minimum absolute atomic E-state index is 0.304. The van der Waals surface area contributed by atoms with Gasteiger partial charge in [-0.05, 0) is 56.3 Å². The Morgan fingerprint density at radius 1 is 1.16 bits per heavy atom. The molecule has 1 aromatic carbocycles. The molecule has 2 heterocycles. The number of likely N-dealkylation sites (tertiary alicyclic amines) is 1. The molecule has 174 valence electrons. The second-order valence-corrected chi connectivity index (χ2v) is 8.69. The maximum Gasteiger partial charge on any atom is 0.193 e. The van der Waals surface area contributed by atoms with Gasteiger partial charge in [-0.1, -0.05) is 38.1 Å². The van der Waals surface area contributed by atoms with Crippen LogP contribution in [0.4, 0.5) is 0 Å². The second kappa shape index (κ2) is 13.0. The van der Waals surface area contributed by atoms with Gasteiger partial charge in [0, 0.05) is 39.8 Å². The first-order valence-electron chi connectivity index (χ1n) is 12.2. The molecule has 1 atom stereocenters. The van der Waals surface area contributed by atoms with Gasteiger partial charge < -0.3 is 19.7 Å². The highest BCUT2D eigenvalue weighted by Crippen LogP contribution is 2.18. The van der Waals surface area contributed by atoms with Crippen LogP contribution in [-0.4, -0.2) is 74.4 Å². The van der Waals surface area contributed by atoms with Gasteiger partial charge in [0.1, 0.15) is 0 Å². The number of aliphatic imine (C=N–C) groups is 1. The van der Waals surface area contributed by atoms with Crippen LogP contribution >= 0.6 is 0 Å². The van der Waals surface area contributed by atoms with Crippen LogP contribution in [0.2, 0.25) is 0 Å². The van der Waals surface area contributed by atoms with Gasteiger partial charge in [-0.25, -0.2) is 0 Å². The number of nitrogens with zero attached hydrogens (tertiary/aromatic N) is 3. The Morgan fingerprint density at radius 2 is 1.94 bits per heavy atom. The van der Waals surface area contributed by atoms with E-state index < -0.39 is 0 Å². The number of hydrogen-bond acceptors (Lipinski definition) is 4. The van der Waals surface area contributed by atoms with Gasteiger partial charge in [-0.15, -0.1) is 0 Å². The fourth-order valence-electron chi connectivity index (χ4n) is 4.47. The summed E-state index contributed by atoms with van der Waals surface area (Å²) in [7, 11) is 1.88. The quantitative estimate of drug-likeness (QED) is 0.479. The van der Waals surface area contributed by atoms with Gasteiger partial charge in [0.15, 0.2) is 5.96 Å². The molecule has 2 saturated heterocycles. The molecule has 1 unspecified atom stereocenters. The van der Waals surface area contributed by atoms with E-state index >= 15 is 0 Å². The topological polar surface area (TPSA) is 49.3 Å². The fraction of sp³-hybridized carbons (Fsp3) is 0.720. The summed E-state index contributed by atoms with van der Waals surface area (Å²) >= 11 is 0. The van der Waals surface area contributed by atoms with Gasteiger partial charge in [0.2, 0.25) is 0 Å². The van der Waals surface area contributed by atoms with Crippen LogP contribution in [0.5, 0.6) is 0 Å². The van der Waals surface area contributed by atoms with E-state index in [0.29, 0.717) is 12.2 Å². The zero-order chi connectivity index (χ0) is 21.9. The van der Waals surface area contributed by atoms with Crippen LogP contribution < -0.4 is 5.32 Å². The minimum Gasteiger partial charge on any atom is -0.376 e. The summed E-state index contributed by atoms with van der Waals surface area (Å²) in [6.07, 6.45) is 6.36. The van der Waals surface area contributed by atoms with E-state index in [1.54, 1.807) is 0 Å². The van der Waals surface area contributed by atoms with Crippen molar-refractivity contribution in [1.29, 1.82) is 0 Å². The highest BCUT2D eigenvalue weighted by Gasteiger charge is 2.23. The smallest absolute Gasteiger partial charge is 0.193 e. The SMILES string of the molecule is CCN(CC)Cc1cccc(CNC(=NC)N2CCC(OCC3CCCCO3)CC2)c1. The molecular weight excluding hydrogens is 388 g/mol. The number of hydrogen-bond donors (Lipinski definition) is 1. The van der Waals surface area contributed by atoms with E-state index in [0.717, 1.165) is 77.7 Å². The van der Waals surface area contributed by atoms with Crippen LogP contribution in [0.25, 0.3) is 0 Å². The van der Waals surface area contributed by atoms with Crippen molar-refractivity contribution in [3.05, 3.63) is 35.4 Å². The van der Waals surface area contributed by atoms with Crippen molar-refractivity contribution in [1.82, 2.24) is 15.1 Å². The number of guanidine groups is 1. The molecule has 6 heteroatoms. The largest absolute Gasteiger partial charge is 0.376 e. The molecule has 6 nitrogen and oxygen atoms in total. The van der Waals surface area contributed by atoms with Crippen LogP contribution in [0.1, 0.15) is 57.1 Å². The lowest BCUT2D eigenvalue weighted by Gasteiger charge is -2.35. The third-order valence-electron chi connectivity index (χ3n) is 6.49. The van der Waals surface area contributed by atoms with Crippen molar-refractivity contribution < 1.29 is 9.47 Å². The fourth-order valence-corrected chi connectivity index (χ4v) is 4.47. The summed E-state index contributed by atoms with van der Waals surface area (Å²) in [6.45, 7) is 12.0.